The van der Waals surface area contributed by atoms with Crippen LogP contribution in [0, 0.1) is 6.92 Å². The van der Waals surface area contributed by atoms with Crippen LogP contribution in [0.25, 0.3) is 0 Å². The molecule has 2 rings (SSSR count). The van der Waals surface area contributed by atoms with E-state index in [0.717, 1.165) is 10.2 Å². The lowest BCUT2D eigenvalue weighted by atomic mass is 10.3. The van der Waals surface area contributed by atoms with Crippen LogP contribution in [0.3, 0.4) is 0 Å². The van der Waals surface area contributed by atoms with Gasteiger partial charge in [-0.25, -0.2) is 4.98 Å². The summed E-state index contributed by atoms with van der Waals surface area (Å²) in [4.78, 5) is 16.7. The molecule has 0 aliphatic heterocycles. The molecule has 1 amide bonds. The summed E-state index contributed by atoms with van der Waals surface area (Å²) in [6, 6.07) is 1.60. The summed E-state index contributed by atoms with van der Waals surface area (Å²) in [5, 5.41) is 4.70. The average molecular weight is 315 g/mol. The lowest BCUT2D eigenvalue weighted by molar-refractivity contribution is 0.0937. The number of oxazole rings is 1. The normalized spacial score (nSPS) is 12.4. The van der Waals surface area contributed by atoms with Gasteiger partial charge in [0.2, 0.25) is 5.89 Å². The third kappa shape index (κ3) is 2.76. The molecule has 6 heteroatoms. The Kier molecular flexibility index (Phi) is 3.63. The van der Waals surface area contributed by atoms with Gasteiger partial charge in [0, 0.05) is 4.47 Å². The lowest BCUT2D eigenvalue weighted by Gasteiger charge is -2.09. The van der Waals surface area contributed by atoms with Gasteiger partial charge in [-0.15, -0.1) is 11.3 Å². The van der Waals surface area contributed by atoms with Gasteiger partial charge >= 0.3 is 0 Å². The molecule has 0 radical (unpaired) electrons. The SMILES string of the molecule is Cc1cnc(C(C)NC(=O)c2sccc2Br)o1. The van der Waals surface area contributed by atoms with Gasteiger partial charge in [0.1, 0.15) is 16.7 Å². The zero-order valence-corrected chi connectivity index (χ0v) is 11.8. The highest BCUT2D eigenvalue weighted by Crippen LogP contribution is 2.23. The third-order valence-electron chi connectivity index (χ3n) is 2.18. The van der Waals surface area contributed by atoms with Crippen LogP contribution in [0.2, 0.25) is 0 Å². The number of carbonyl (C=O) groups is 1. The maximum absolute atomic E-state index is 11.9. The predicted octanol–water partition coefficient (Wildman–Crippen LogP) is 3.30. The molecule has 17 heavy (non-hydrogen) atoms. The third-order valence-corrected chi connectivity index (χ3v) is 4.02. The van der Waals surface area contributed by atoms with E-state index in [1.165, 1.54) is 11.3 Å². The van der Waals surface area contributed by atoms with Crippen molar-refractivity contribution < 1.29 is 9.21 Å². The highest BCUT2D eigenvalue weighted by atomic mass is 79.9. The average Bonchev–Trinajstić information content (AvgIpc) is 2.86. The van der Waals surface area contributed by atoms with Crippen LogP contribution in [0.15, 0.2) is 26.5 Å². The molecular formula is C11H11BrN2O2S. The van der Waals surface area contributed by atoms with Crippen molar-refractivity contribution in [1.82, 2.24) is 10.3 Å². The Hall–Kier alpha value is -1.14. The first-order valence-electron chi connectivity index (χ1n) is 5.04. The number of aryl methyl sites for hydroxylation is 1. The fraction of sp³-hybridized carbons (Fsp3) is 0.273. The number of aromatic nitrogens is 1. The number of hydrogen-bond acceptors (Lipinski definition) is 4. The molecule has 0 fully saturated rings. The molecule has 2 heterocycles. The summed E-state index contributed by atoms with van der Waals surface area (Å²) in [5.74, 6) is 1.12. The Morgan fingerprint density at radius 1 is 1.65 bits per heavy atom. The highest BCUT2D eigenvalue weighted by molar-refractivity contribution is 9.10. The number of nitrogens with zero attached hydrogens (tertiary/aromatic N) is 1. The molecule has 0 bridgehead atoms. The van der Waals surface area contributed by atoms with Crippen molar-refractivity contribution in [3.63, 3.8) is 0 Å². The van der Waals surface area contributed by atoms with E-state index >= 15 is 0 Å². The van der Waals surface area contributed by atoms with Crippen LogP contribution in [0.5, 0.6) is 0 Å². The Labute approximate surface area is 111 Å². The van der Waals surface area contributed by atoms with Crippen molar-refractivity contribution in [3.05, 3.63) is 38.6 Å². The number of halogens is 1. The van der Waals surface area contributed by atoms with Gasteiger partial charge in [0.05, 0.1) is 6.20 Å². The first kappa shape index (κ1) is 12.3. The van der Waals surface area contributed by atoms with E-state index in [4.69, 9.17) is 4.42 Å². The number of carbonyl (C=O) groups excluding carboxylic acids is 1. The van der Waals surface area contributed by atoms with Crippen molar-refractivity contribution in [1.29, 1.82) is 0 Å². The molecule has 1 N–H and O–H groups in total. The van der Waals surface area contributed by atoms with E-state index in [0.29, 0.717) is 10.8 Å². The van der Waals surface area contributed by atoms with Crippen LogP contribution >= 0.6 is 27.3 Å². The number of hydrogen-bond donors (Lipinski definition) is 1. The summed E-state index contributed by atoms with van der Waals surface area (Å²) in [6.07, 6.45) is 1.64. The highest BCUT2D eigenvalue weighted by Gasteiger charge is 2.17. The molecule has 1 unspecified atom stereocenters. The standard InChI is InChI=1S/C11H11BrN2O2S/c1-6-5-13-11(16-6)7(2)14-10(15)9-8(12)3-4-17-9/h3-5,7H,1-2H3,(H,14,15). The minimum atomic E-state index is -0.245. The van der Waals surface area contributed by atoms with E-state index in [1.54, 1.807) is 6.20 Å². The summed E-state index contributed by atoms with van der Waals surface area (Å²) in [5.41, 5.74) is 0. The lowest BCUT2D eigenvalue weighted by Crippen LogP contribution is -2.26. The molecular weight excluding hydrogens is 304 g/mol. The van der Waals surface area contributed by atoms with Gasteiger partial charge in [-0.2, -0.15) is 0 Å². The Morgan fingerprint density at radius 3 is 2.94 bits per heavy atom. The summed E-state index contributed by atoms with van der Waals surface area (Å²) < 4.78 is 6.16. The van der Waals surface area contributed by atoms with Gasteiger partial charge < -0.3 is 9.73 Å². The van der Waals surface area contributed by atoms with Crippen LogP contribution in [-0.2, 0) is 0 Å². The topological polar surface area (TPSA) is 55.1 Å². The number of amides is 1. The van der Waals surface area contributed by atoms with Crippen molar-refractivity contribution in [2.75, 3.05) is 0 Å². The van der Waals surface area contributed by atoms with E-state index < -0.39 is 0 Å². The smallest absolute Gasteiger partial charge is 0.263 e. The molecule has 0 spiro atoms. The first-order chi connectivity index (χ1) is 8.08. The Morgan fingerprint density at radius 2 is 2.41 bits per heavy atom. The maximum atomic E-state index is 11.9. The molecule has 0 saturated heterocycles. The van der Waals surface area contributed by atoms with Crippen molar-refractivity contribution >= 4 is 33.2 Å². The molecule has 1 atom stereocenters. The summed E-state index contributed by atoms with van der Waals surface area (Å²) in [7, 11) is 0. The van der Waals surface area contributed by atoms with E-state index in [9.17, 15) is 4.79 Å². The zero-order valence-electron chi connectivity index (χ0n) is 9.36. The molecule has 0 aliphatic carbocycles. The Balaban J connectivity index is 2.07. The fourth-order valence-corrected chi connectivity index (χ4v) is 2.81. The van der Waals surface area contributed by atoms with E-state index in [-0.39, 0.29) is 11.9 Å². The quantitative estimate of drug-likeness (QED) is 0.945. The molecule has 2 aromatic heterocycles. The van der Waals surface area contributed by atoms with Gasteiger partial charge in [-0.05, 0) is 41.2 Å². The largest absolute Gasteiger partial charge is 0.444 e. The van der Waals surface area contributed by atoms with Gasteiger partial charge in [0.25, 0.3) is 5.91 Å². The van der Waals surface area contributed by atoms with Crippen molar-refractivity contribution in [3.8, 4) is 0 Å². The van der Waals surface area contributed by atoms with Crippen LogP contribution in [0.4, 0.5) is 0 Å². The second-order valence-corrected chi connectivity index (χ2v) is 5.37. The van der Waals surface area contributed by atoms with Gasteiger partial charge in [-0.3, -0.25) is 4.79 Å². The van der Waals surface area contributed by atoms with Gasteiger partial charge in [-0.1, -0.05) is 0 Å². The van der Waals surface area contributed by atoms with Gasteiger partial charge in [0.15, 0.2) is 0 Å². The molecule has 0 aromatic carbocycles. The number of nitrogens with one attached hydrogen (secondary N) is 1. The minimum absolute atomic E-state index is 0.129. The number of thiophene rings is 1. The van der Waals surface area contributed by atoms with Crippen LogP contribution in [0.1, 0.15) is 34.3 Å². The van der Waals surface area contributed by atoms with Crippen molar-refractivity contribution in [2.24, 2.45) is 0 Å². The van der Waals surface area contributed by atoms with Crippen molar-refractivity contribution in [2.45, 2.75) is 19.9 Å². The second-order valence-electron chi connectivity index (χ2n) is 3.60. The molecule has 90 valence electrons. The fourth-order valence-electron chi connectivity index (χ4n) is 1.35. The maximum Gasteiger partial charge on any atom is 0.263 e. The molecule has 0 saturated carbocycles. The minimum Gasteiger partial charge on any atom is -0.444 e. The molecule has 2 aromatic rings. The number of rotatable bonds is 3. The summed E-state index contributed by atoms with van der Waals surface area (Å²) >= 11 is 4.72. The van der Waals surface area contributed by atoms with E-state index in [1.807, 2.05) is 25.3 Å². The predicted molar refractivity (Wildman–Crippen MR) is 69.1 cm³/mol. The second kappa shape index (κ2) is 5.01. The molecule has 0 aliphatic rings. The van der Waals surface area contributed by atoms with Crippen LogP contribution in [-0.4, -0.2) is 10.9 Å². The van der Waals surface area contributed by atoms with E-state index in [2.05, 4.69) is 26.2 Å². The first-order valence-corrected chi connectivity index (χ1v) is 6.71. The molecule has 4 nitrogen and oxygen atoms in total. The van der Waals surface area contributed by atoms with Crippen LogP contribution < -0.4 is 5.32 Å². The Bertz CT molecular complexity index is 535. The monoisotopic (exact) mass is 314 g/mol. The summed E-state index contributed by atoms with van der Waals surface area (Å²) in [6.45, 7) is 3.66. The zero-order chi connectivity index (χ0) is 12.4.